The number of carbonyl (C=O) groups excluding carboxylic acids is 1. The number of pyridine rings is 1. The summed E-state index contributed by atoms with van der Waals surface area (Å²) in [5, 5.41) is 1.15. The molecule has 3 rings (SSSR count). The molecular formula is C27H31NO2. The second-order valence-electron chi connectivity index (χ2n) is 7.66. The molecule has 3 aromatic rings. The SMILES string of the molecule is CCCCCCc1ccc2nc(/C(C)=C/C(=O)OCC)cc(-c3ccccc3)c2c1. The number of nitrogens with zero attached hydrogens (tertiary/aromatic N) is 1. The number of aromatic nitrogens is 1. The molecule has 3 heteroatoms. The van der Waals surface area contributed by atoms with Crippen LogP contribution in [0.2, 0.25) is 0 Å². The Hall–Kier alpha value is -2.94. The normalized spacial score (nSPS) is 11.6. The van der Waals surface area contributed by atoms with Crippen LogP contribution in [0, 0.1) is 0 Å². The van der Waals surface area contributed by atoms with Crippen molar-refractivity contribution in [2.45, 2.75) is 52.9 Å². The molecule has 3 nitrogen and oxygen atoms in total. The van der Waals surface area contributed by atoms with Gasteiger partial charge in [-0.2, -0.15) is 0 Å². The summed E-state index contributed by atoms with van der Waals surface area (Å²) in [7, 11) is 0. The fourth-order valence-corrected chi connectivity index (χ4v) is 3.68. The molecule has 0 aliphatic carbocycles. The molecule has 0 bridgehead atoms. The Morgan fingerprint density at radius 1 is 1.00 bits per heavy atom. The lowest BCUT2D eigenvalue weighted by molar-refractivity contribution is -0.137. The quantitative estimate of drug-likeness (QED) is 0.220. The molecule has 0 spiro atoms. The molecule has 0 aliphatic rings. The van der Waals surface area contributed by atoms with Crippen LogP contribution in [0.3, 0.4) is 0 Å². The minimum atomic E-state index is -0.333. The Balaban J connectivity index is 2.04. The van der Waals surface area contributed by atoms with E-state index in [-0.39, 0.29) is 5.97 Å². The maximum atomic E-state index is 11.9. The Kier molecular flexibility index (Phi) is 7.78. The van der Waals surface area contributed by atoms with E-state index in [1.807, 2.05) is 19.9 Å². The Morgan fingerprint density at radius 2 is 1.80 bits per heavy atom. The summed E-state index contributed by atoms with van der Waals surface area (Å²) in [5.41, 5.74) is 6.19. The van der Waals surface area contributed by atoms with Gasteiger partial charge in [0.25, 0.3) is 0 Å². The second kappa shape index (κ2) is 10.7. The number of benzene rings is 2. The van der Waals surface area contributed by atoms with E-state index in [9.17, 15) is 4.79 Å². The van der Waals surface area contributed by atoms with Crippen molar-refractivity contribution in [3.05, 3.63) is 71.9 Å². The molecule has 0 unspecified atom stereocenters. The van der Waals surface area contributed by atoms with Crippen molar-refractivity contribution in [1.29, 1.82) is 0 Å². The highest BCUT2D eigenvalue weighted by molar-refractivity contribution is 5.98. The first kappa shape index (κ1) is 21.8. The van der Waals surface area contributed by atoms with Gasteiger partial charge in [-0.1, -0.05) is 62.6 Å². The monoisotopic (exact) mass is 401 g/mol. The predicted octanol–water partition coefficient (Wildman–Crippen LogP) is 6.99. The van der Waals surface area contributed by atoms with Gasteiger partial charge >= 0.3 is 5.97 Å². The first-order chi connectivity index (χ1) is 14.6. The number of hydrogen-bond donors (Lipinski definition) is 0. The fraction of sp³-hybridized carbons (Fsp3) is 0.333. The van der Waals surface area contributed by atoms with E-state index in [2.05, 4.69) is 55.5 Å². The van der Waals surface area contributed by atoms with Crippen LogP contribution in [0.15, 0.2) is 60.7 Å². The highest BCUT2D eigenvalue weighted by Gasteiger charge is 2.11. The number of fused-ring (bicyclic) bond motifs is 1. The third-order valence-corrected chi connectivity index (χ3v) is 5.30. The molecule has 0 radical (unpaired) electrons. The number of aryl methyl sites for hydroxylation is 1. The van der Waals surface area contributed by atoms with Crippen molar-refractivity contribution in [2.75, 3.05) is 6.61 Å². The summed E-state index contributed by atoms with van der Waals surface area (Å²) in [4.78, 5) is 16.8. The van der Waals surface area contributed by atoms with E-state index in [0.717, 1.165) is 39.7 Å². The van der Waals surface area contributed by atoms with E-state index >= 15 is 0 Å². The smallest absolute Gasteiger partial charge is 0.331 e. The topological polar surface area (TPSA) is 39.2 Å². The first-order valence-corrected chi connectivity index (χ1v) is 11.0. The maximum absolute atomic E-state index is 11.9. The van der Waals surface area contributed by atoms with Crippen LogP contribution in [-0.4, -0.2) is 17.6 Å². The van der Waals surface area contributed by atoms with Gasteiger partial charge in [-0.15, -0.1) is 0 Å². The molecule has 0 amide bonds. The van der Waals surface area contributed by atoms with E-state index in [1.165, 1.54) is 37.3 Å². The van der Waals surface area contributed by atoms with E-state index < -0.39 is 0 Å². The third kappa shape index (κ3) is 5.56. The van der Waals surface area contributed by atoms with Crippen molar-refractivity contribution < 1.29 is 9.53 Å². The summed E-state index contributed by atoms with van der Waals surface area (Å²) in [6.45, 7) is 6.32. The standard InChI is InChI=1S/C27H31NO2/c1-4-6-7-9-12-21-15-16-25-24(18-21)23(22-13-10-8-11-14-22)19-26(28-25)20(3)17-27(29)30-5-2/h8,10-11,13-19H,4-7,9,12H2,1-3H3/b20-17+. The number of unbranched alkanes of at least 4 members (excludes halogenated alkanes) is 3. The van der Waals surface area contributed by atoms with Crippen molar-refractivity contribution >= 4 is 22.4 Å². The molecular weight excluding hydrogens is 370 g/mol. The van der Waals surface area contributed by atoms with E-state index in [4.69, 9.17) is 9.72 Å². The molecule has 0 atom stereocenters. The van der Waals surface area contributed by atoms with Crippen LogP contribution in [0.1, 0.15) is 57.7 Å². The van der Waals surface area contributed by atoms with E-state index in [1.54, 1.807) is 0 Å². The van der Waals surface area contributed by atoms with Gasteiger partial charge in [-0.3, -0.25) is 0 Å². The largest absolute Gasteiger partial charge is 0.463 e. The third-order valence-electron chi connectivity index (χ3n) is 5.30. The van der Waals surface area contributed by atoms with Gasteiger partial charge in [0.2, 0.25) is 0 Å². The summed E-state index contributed by atoms with van der Waals surface area (Å²) in [6.07, 6.45) is 7.64. The van der Waals surface area contributed by atoms with Crippen molar-refractivity contribution in [1.82, 2.24) is 4.98 Å². The van der Waals surface area contributed by atoms with Gasteiger partial charge in [-0.05, 0) is 67.2 Å². The average Bonchev–Trinajstić information content (AvgIpc) is 2.76. The lowest BCUT2D eigenvalue weighted by atomic mass is 9.96. The number of rotatable bonds is 9. The zero-order valence-electron chi connectivity index (χ0n) is 18.3. The predicted molar refractivity (Wildman–Crippen MR) is 125 cm³/mol. The molecule has 0 fully saturated rings. The van der Waals surface area contributed by atoms with Gasteiger partial charge in [0, 0.05) is 11.5 Å². The fourth-order valence-electron chi connectivity index (χ4n) is 3.68. The number of esters is 1. The first-order valence-electron chi connectivity index (χ1n) is 11.0. The van der Waals surface area contributed by atoms with E-state index in [0.29, 0.717) is 6.61 Å². The number of ether oxygens (including phenoxy) is 1. The minimum Gasteiger partial charge on any atom is -0.463 e. The summed E-state index contributed by atoms with van der Waals surface area (Å²) < 4.78 is 5.06. The Morgan fingerprint density at radius 3 is 2.53 bits per heavy atom. The Labute approximate surface area is 179 Å². The number of carbonyl (C=O) groups is 1. The van der Waals surface area contributed by atoms with Gasteiger partial charge in [0.1, 0.15) is 0 Å². The molecule has 1 aromatic heterocycles. The average molecular weight is 402 g/mol. The summed E-state index contributed by atoms with van der Waals surface area (Å²) in [5.74, 6) is -0.333. The minimum absolute atomic E-state index is 0.333. The van der Waals surface area contributed by atoms with Crippen molar-refractivity contribution in [3.8, 4) is 11.1 Å². The second-order valence-corrected chi connectivity index (χ2v) is 7.66. The lowest BCUT2D eigenvalue weighted by Gasteiger charge is -2.12. The maximum Gasteiger partial charge on any atom is 0.331 e. The van der Waals surface area contributed by atoms with Crippen LogP contribution in [-0.2, 0) is 16.0 Å². The molecule has 0 aliphatic heterocycles. The van der Waals surface area contributed by atoms with Crippen LogP contribution in [0.25, 0.3) is 27.6 Å². The molecule has 30 heavy (non-hydrogen) atoms. The number of hydrogen-bond acceptors (Lipinski definition) is 3. The highest BCUT2D eigenvalue weighted by atomic mass is 16.5. The van der Waals surface area contributed by atoms with Crippen LogP contribution in [0.5, 0.6) is 0 Å². The van der Waals surface area contributed by atoms with Crippen LogP contribution in [0.4, 0.5) is 0 Å². The summed E-state index contributed by atoms with van der Waals surface area (Å²) >= 11 is 0. The molecule has 0 saturated heterocycles. The molecule has 1 heterocycles. The lowest BCUT2D eigenvalue weighted by Crippen LogP contribution is -2.01. The van der Waals surface area contributed by atoms with Gasteiger partial charge in [0.05, 0.1) is 17.8 Å². The molecule has 156 valence electrons. The van der Waals surface area contributed by atoms with Crippen molar-refractivity contribution in [2.24, 2.45) is 0 Å². The van der Waals surface area contributed by atoms with Gasteiger partial charge in [-0.25, -0.2) is 9.78 Å². The number of allylic oxidation sites excluding steroid dienone is 1. The van der Waals surface area contributed by atoms with Crippen LogP contribution >= 0.6 is 0 Å². The summed E-state index contributed by atoms with van der Waals surface area (Å²) in [6, 6.07) is 19.0. The van der Waals surface area contributed by atoms with Crippen molar-refractivity contribution in [3.63, 3.8) is 0 Å². The highest BCUT2D eigenvalue weighted by Crippen LogP contribution is 2.31. The van der Waals surface area contributed by atoms with Crippen LogP contribution < -0.4 is 0 Å². The van der Waals surface area contributed by atoms with Gasteiger partial charge < -0.3 is 4.74 Å². The zero-order chi connectivity index (χ0) is 21.3. The molecule has 0 saturated carbocycles. The molecule has 2 aromatic carbocycles. The Bertz CT molecular complexity index is 1020. The van der Waals surface area contributed by atoms with Gasteiger partial charge in [0.15, 0.2) is 0 Å². The molecule has 0 N–H and O–H groups in total. The zero-order valence-corrected chi connectivity index (χ0v) is 18.3.